The number of anilines is 1. The van der Waals surface area contributed by atoms with Crippen LogP contribution in [0.15, 0.2) is 18.7 Å². The quantitative estimate of drug-likeness (QED) is 0.614. The number of aromatic amines is 1. The molecule has 2 aromatic rings. The molecular formula is C10H13N7O. The minimum atomic E-state index is -0.285. The van der Waals surface area contributed by atoms with Crippen molar-refractivity contribution in [3.8, 4) is 0 Å². The maximum Gasteiger partial charge on any atom is 0.271 e. The Morgan fingerprint density at radius 3 is 3.06 bits per heavy atom. The molecule has 8 heteroatoms. The zero-order chi connectivity index (χ0) is 12.8. The Kier molecular flexibility index (Phi) is 3.79. The number of carbonyl (C=O) groups is 1. The Hall–Kier alpha value is -2.51. The van der Waals surface area contributed by atoms with Gasteiger partial charge in [-0.2, -0.15) is 5.10 Å². The first-order valence-electron chi connectivity index (χ1n) is 5.45. The first kappa shape index (κ1) is 12.0. The van der Waals surface area contributed by atoms with E-state index in [4.69, 9.17) is 5.73 Å². The van der Waals surface area contributed by atoms with Crippen molar-refractivity contribution >= 4 is 11.7 Å². The molecule has 8 nitrogen and oxygen atoms in total. The van der Waals surface area contributed by atoms with Crippen LogP contribution in [0.4, 0.5) is 5.82 Å². The predicted octanol–water partition coefficient (Wildman–Crippen LogP) is -0.461. The fraction of sp³-hybridized carbons (Fsp3) is 0.300. The summed E-state index contributed by atoms with van der Waals surface area (Å²) in [4.78, 5) is 23.3. The summed E-state index contributed by atoms with van der Waals surface area (Å²) < 4.78 is 0. The van der Waals surface area contributed by atoms with Crippen molar-refractivity contribution in [2.45, 2.75) is 12.8 Å². The van der Waals surface area contributed by atoms with Crippen LogP contribution in [-0.2, 0) is 6.42 Å². The molecular weight excluding hydrogens is 234 g/mol. The minimum Gasteiger partial charge on any atom is -0.382 e. The van der Waals surface area contributed by atoms with Gasteiger partial charge in [-0.25, -0.2) is 9.97 Å². The van der Waals surface area contributed by atoms with Crippen LogP contribution in [0.1, 0.15) is 22.7 Å². The van der Waals surface area contributed by atoms with Gasteiger partial charge in [0.05, 0.1) is 12.4 Å². The third-order valence-electron chi connectivity index (χ3n) is 2.23. The summed E-state index contributed by atoms with van der Waals surface area (Å²) in [7, 11) is 0. The molecule has 0 fully saturated rings. The molecule has 0 saturated carbocycles. The Bertz CT molecular complexity index is 511. The molecule has 2 rings (SSSR count). The summed E-state index contributed by atoms with van der Waals surface area (Å²) in [6.07, 6.45) is 5.71. The second-order valence-corrected chi connectivity index (χ2v) is 3.62. The number of hydrogen-bond donors (Lipinski definition) is 3. The number of nitrogens with one attached hydrogen (secondary N) is 2. The molecule has 0 radical (unpaired) electrons. The third-order valence-corrected chi connectivity index (χ3v) is 2.23. The average Bonchev–Trinajstić information content (AvgIpc) is 2.87. The van der Waals surface area contributed by atoms with Gasteiger partial charge in [0, 0.05) is 13.0 Å². The second kappa shape index (κ2) is 5.71. The van der Waals surface area contributed by atoms with Crippen molar-refractivity contribution in [2.24, 2.45) is 0 Å². The van der Waals surface area contributed by atoms with Crippen molar-refractivity contribution < 1.29 is 4.79 Å². The largest absolute Gasteiger partial charge is 0.382 e. The first-order chi connectivity index (χ1) is 8.75. The zero-order valence-corrected chi connectivity index (χ0v) is 9.63. The third kappa shape index (κ3) is 3.24. The molecule has 0 bridgehead atoms. The average molecular weight is 247 g/mol. The maximum atomic E-state index is 11.7. The Morgan fingerprint density at radius 2 is 2.33 bits per heavy atom. The number of nitrogens with two attached hydrogens (primary N) is 1. The van der Waals surface area contributed by atoms with Crippen LogP contribution in [0.3, 0.4) is 0 Å². The standard InChI is InChI=1S/C10H13N7O/c11-8-5-12-4-7(16-8)10(18)13-3-1-2-9-14-6-15-17-9/h4-6H,1-3H2,(H2,11,16)(H,13,18)(H,14,15,17). The van der Waals surface area contributed by atoms with E-state index in [1.165, 1.54) is 18.7 Å². The molecule has 0 aromatic carbocycles. The molecule has 0 saturated heterocycles. The molecule has 0 unspecified atom stereocenters. The molecule has 2 heterocycles. The number of nitrogen functional groups attached to an aromatic ring is 1. The first-order valence-corrected chi connectivity index (χ1v) is 5.45. The van der Waals surface area contributed by atoms with E-state index in [0.29, 0.717) is 6.54 Å². The molecule has 1 amide bonds. The van der Waals surface area contributed by atoms with Crippen LogP contribution in [-0.4, -0.2) is 37.6 Å². The lowest BCUT2D eigenvalue weighted by Gasteiger charge is -2.03. The maximum absolute atomic E-state index is 11.7. The van der Waals surface area contributed by atoms with Crippen LogP contribution in [0, 0.1) is 0 Å². The highest BCUT2D eigenvalue weighted by Gasteiger charge is 2.07. The van der Waals surface area contributed by atoms with E-state index in [1.807, 2.05) is 0 Å². The van der Waals surface area contributed by atoms with Gasteiger partial charge in [-0.15, -0.1) is 0 Å². The van der Waals surface area contributed by atoms with E-state index < -0.39 is 0 Å². The van der Waals surface area contributed by atoms with Gasteiger partial charge in [0.15, 0.2) is 0 Å². The summed E-state index contributed by atoms with van der Waals surface area (Å²) in [5.74, 6) is 0.740. The minimum absolute atomic E-state index is 0.217. The summed E-state index contributed by atoms with van der Waals surface area (Å²) in [6.45, 7) is 0.524. The number of nitrogens with zero attached hydrogens (tertiary/aromatic N) is 4. The second-order valence-electron chi connectivity index (χ2n) is 3.62. The van der Waals surface area contributed by atoms with Gasteiger partial charge in [0.1, 0.15) is 23.7 Å². The Balaban J connectivity index is 1.75. The highest BCUT2D eigenvalue weighted by Crippen LogP contribution is 1.97. The van der Waals surface area contributed by atoms with Gasteiger partial charge in [-0.1, -0.05) is 0 Å². The zero-order valence-electron chi connectivity index (χ0n) is 9.63. The van der Waals surface area contributed by atoms with E-state index in [9.17, 15) is 4.79 Å². The molecule has 0 spiro atoms. The van der Waals surface area contributed by atoms with E-state index in [-0.39, 0.29) is 17.4 Å². The number of aryl methyl sites for hydroxylation is 1. The number of hydrogen-bond acceptors (Lipinski definition) is 6. The number of amides is 1. The van der Waals surface area contributed by atoms with E-state index in [1.54, 1.807) is 0 Å². The fourth-order valence-electron chi connectivity index (χ4n) is 1.39. The van der Waals surface area contributed by atoms with E-state index in [2.05, 4.69) is 30.5 Å². The molecule has 4 N–H and O–H groups in total. The number of aromatic nitrogens is 5. The van der Waals surface area contributed by atoms with Crippen molar-refractivity contribution in [1.29, 1.82) is 0 Å². The van der Waals surface area contributed by atoms with Crippen molar-refractivity contribution in [1.82, 2.24) is 30.5 Å². The van der Waals surface area contributed by atoms with Gasteiger partial charge in [0.25, 0.3) is 5.91 Å². The molecule has 0 aliphatic rings. The van der Waals surface area contributed by atoms with Gasteiger partial charge in [-0.05, 0) is 6.42 Å². The molecule has 0 aliphatic carbocycles. The van der Waals surface area contributed by atoms with Gasteiger partial charge < -0.3 is 11.1 Å². The lowest BCUT2D eigenvalue weighted by atomic mass is 10.3. The number of rotatable bonds is 5. The number of H-pyrrole nitrogens is 1. The topological polar surface area (TPSA) is 122 Å². The lowest BCUT2D eigenvalue weighted by molar-refractivity contribution is 0.0948. The highest BCUT2D eigenvalue weighted by atomic mass is 16.1. The summed E-state index contributed by atoms with van der Waals surface area (Å²) in [6, 6.07) is 0. The molecule has 18 heavy (non-hydrogen) atoms. The van der Waals surface area contributed by atoms with Crippen LogP contribution in [0.25, 0.3) is 0 Å². The van der Waals surface area contributed by atoms with Gasteiger partial charge in [0.2, 0.25) is 0 Å². The molecule has 0 atom stereocenters. The molecule has 0 aliphatic heterocycles. The number of carbonyl (C=O) groups excluding carboxylic acids is 1. The monoisotopic (exact) mass is 247 g/mol. The predicted molar refractivity (Wildman–Crippen MR) is 63.5 cm³/mol. The smallest absolute Gasteiger partial charge is 0.271 e. The fourth-order valence-corrected chi connectivity index (χ4v) is 1.39. The lowest BCUT2D eigenvalue weighted by Crippen LogP contribution is -2.26. The van der Waals surface area contributed by atoms with Crippen LogP contribution in [0.2, 0.25) is 0 Å². The van der Waals surface area contributed by atoms with Crippen molar-refractivity contribution in [3.05, 3.63) is 30.2 Å². The van der Waals surface area contributed by atoms with Crippen molar-refractivity contribution in [3.63, 3.8) is 0 Å². The van der Waals surface area contributed by atoms with E-state index in [0.717, 1.165) is 18.7 Å². The Labute approximate surface area is 103 Å². The van der Waals surface area contributed by atoms with Gasteiger partial charge >= 0.3 is 0 Å². The molecule has 2 aromatic heterocycles. The summed E-state index contributed by atoms with van der Waals surface area (Å²) in [5, 5.41) is 9.22. The summed E-state index contributed by atoms with van der Waals surface area (Å²) >= 11 is 0. The van der Waals surface area contributed by atoms with Crippen LogP contribution >= 0.6 is 0 Å². The van der Waals surface area contributed by atoms with E-state index >= 15 is 0 Å². The van der Waals surface area contributed by atoms with Gasteiger partial charge in [-0.3, -0.25) is 14.9 Å². The highest BCUT2D eigenvalue weighted by molar-refractivity contribution is 5.92. The van der Waals surface area contributed by atoms with Crippen molar-refractivity contribution in [2.75, 3.05) is 12.3 Å². The normalized spacial score (nSPS) is 10.2. The Morgan fingerprint density at radius 1 is 1.44 bits per heavy atom. The van der Waals surface area contributed by atoms with Crippen LogP contribution < -0.4 is 11.1 Å². The van der Waals surface area contributed by atoms with Crippen LogP contribution in [0.5, 0.6) is 0 Å². The summed E-state index contributed by atoms with van der Waals surface area (Å²) in [5.41, 5.74) is 5.66. The SMILES string of the molecule is Nc1cncc(C(=O)NCCCc2ncn[nH]2)n1. The molecule has 94 valence electrons.